The molecule has 1 amide bonds. The highest BCUT2D eigenvalue weighted by atomic mass is 32.2. The van der Waals surface area contributed by atoms with Gasteiger partial charge in [-0.15, -0.1) is 0 Å². The Labute approximate surface area is 258 Å². The number of ether oxygens (including phenoxy) is 2. The zero-order valence-electron chi connectivity index (χ0n) is 24.2. The number of hydrogen-bond donors (Lipinski definition) is 3. The normalized spacial score (nSPS) is 18.8. The van der Waals surface area contributed by atoms with E-state index in [-0.39, 0.29) is 29.2 Å². The number of amides is 1. The van der Waals surface area contributed by atoms with Crippen LogP contribution in [0.2, 0.25) is 0 Å². The topological polar surface area (TPSA) is 161 Å². The third-order valence-electron chi connectivity index (χ3n) is 8.25. The van der Waals surface area contributed by atoms with Crippen molar-refractivity contribution in [1.29, 1.82) is 0 Å². The molecule has 2 fully saturated rings. The molecule has 4 aromatic rings. The SMILES string of the molecule is COc1cc([C@@H](Nc2ccc3c(N)nccc3c2)C(=O)N2CC[C@H](OC(=O)O)[C@@H]2c2ccccc2S(=O)(=O)C2CC2)ccc1F. The van der Waals surface area contributed by atoms with Gasteiger partial charge in [0.1, 0.15) is 18.0 Å². The molecule has 4 N–H and O–H groups in total. The lowest BCUT2D eigenvalue weighted by atomic mass is 9.99. The Morgan fingerprint density at radius 3 is 2.60 bits per heavy atom. The average molecular weight is 635 g/mol. The van der Waals surface area contributed by atoms with Crippen molar-refractivity contribution in [2.45, 2.75) is 47.6 Å². The summed E-state index contributed by atoms with van der Waals surface area (Å²) in [7, 11) is -2.41. The number of sulfone groups is 1. The van der Waals surface area contributed by atoms with Crippen molar-refractivity contribution in [1.82, 2.24) is 9.88 Å². The van der Waals surface area contributed by atoms with E-state index >= 15 is 0 Å². The molecule has 1 aliphatic heterocycles. The van der Waals surface area contributed by atoms with Crippen molar-refractivity contribution in [3.05, 3.63) is 89.9 Å². The van der Waals surface area contributed by atoms with Gasteiger partial charge in [-0.25, -0.2) is 22.6 Å². The summed E-state index contributed by atoms with van der Waals surface area (Å²) in [5, 5.41) is 13.8. The maximum Gasteiger partial charge on any atom is 0.506 e. The van der Waals surface area contributed by atoms with E-state index in [2.05, 4.69) is 10.3 Å². The van der Waals surface area contributed by atoms with Gasteiger partial charge in [-0.2, -0.15) is 0 Å². The largest absolute Gasteiger partial charge is 0.506 e. The number of anilines is 2. The zero-order chi connectivity index (χ0) is 31.9. The smallest absolute Gasteiger partial charge is 0.494 e. The second kappa shape index (κ2) is 11.9. The number of benzene rings is 3. The van der Waals surface area contributed by atoms with Crippen LogP contribution in [0.1, 0.15) is 42.5 Å². The molecule has 234 valence electrons. The molecule has 0 bridgehead atoms. The molecule has 1 aromatic heterocycles. The van der Waals surface area contributed by atoms with E-state index in [1.807, 2.05) is 0 Å². The summed E-state index contributed by atoms with van der Waals surface area (Å²) in [5.74, 6) is -0.845. The molecule has 0 unspecified atom stereocenters. The first-order valence-corrected chi connectivity index (χ1v) is 15.9. The Hall–Kier alpha value is -4.91. The van der Waals surface area contributed by atoms with E-state index in [1.54, 1.807) is 48.7 Å². The second-order valence-corrected chi connectivity index (χ2v) is 13.3. The standard InChI is InChI=1S/C32H31FN4O7S/c1-43-26-17-19(6-11-24(26)33)28(36-20-7-10-22-18(16-20)12-14-35-30(22)34)31(38)37-15-13-25(44-32(39)40)29(37)23-4-2-3-5-27(23)45(41,42)21-8-9-21/h2-7,10-12,14,16-17,21,25,28-29,36H,8-9,13,15H2,1H3,(H2,34,35)(H,39,40)/t25-,28+,29-/m0/s1. The molecule has 3 atom stereocenters. The lowest BCUT2D eigenvalue weighted by Gasteiger charge is -2.33. The number of aromatic nitrogens is 1. The maximum absolute atomic E-state index is 14.6. The van der Waals surface area contributed by atoms with Crippen LogP contribution in [0.5, 0.6) is 5.75 Å². The molecule has 2 heterocycles. The summed E-state index contributed by atoms with van der Waals surface area (Å²) in [6.45, 7) is 0.0791. The summed E-state index contributed by atoms with van der Waals surface area (Å²) in [6, 6.07) is 15.3. The van der Waals surface area contributed by atoms with Gasteiger partial charge in [-0.1, -0.05) is 24.3 Å². The Kier molecular flexibility index (Phi) is 7.96. The van der Waals surface area contributed by atoms with Crippen LogP contribution < -0.4 is 15.8 Å². The van der Waals surface area contributed by atoms with Crippen LogP contribution in [0.4, 0.5) is 20.7 Å². The molecule has 0 radical (unpaired) electrons. The Morgan fingerprint density at radius 2 is 1.87 bits per heavy atom. The number of fused-ring (bicyclic) bond motifs is 1. The average Bonchev–Trinajstić information content (AvgIpc) is 3.81. The molecule has 1 aliphatic carbocycles. The number of nitrogen functional groups attached to an aromatic ring is 1. The summed E-state index contributed by atoms with van der Waals surface area (Å²) in [4.78, 5) is 31.9. The van der Waals surface area contributed by atoms with E-state index in [1.165, 1.54) is 36.3 Å². The third kappa shape index (κ3) is 5.82. The van der Waals surface area contributed by atoms with Gasteiger partial charge in [0.2, 0.25) is 5.91 Å². The van der Waals surface area contributed by atoms with Crippen LogP contribution in [-0.4, -0.2) is 60.5 Å². The number of hydrogen-bond acceptors (Lipinski definition) is 9. The lowest BCUT2D eigenvalue weighted by molar-refractivity contribution is -0.134. The number of nitrogens with one attached hydrogen (secondary N) is 1. The summed E-state index contributed by atoms with van der Waals surface area (Å²) in [6.07, 6.45) is 0.212. The van der Waals surface area contributed by atoms with Gasteiger partial charge in [-0.3, -0.25) is 4.79 Å². The van der Waals surface area contributed by atoms with Gasteiger partial charge in [0.25, 0.3) is 0 Å². The second-order valence-electron chi connectivity index (χ2n) is 11.1. The van der Waals surface area contributed by atoms with Gasteiger partial charge < -0.3 is 30.5 Å². The van der Waals surface area contributed by atoms with Crippen molar-refractivity contribution in [3.8, 4) is 5.75 Å². The van der Waals surface area contributed by atoms with Crippen LogP contribution in [0.25, 0.3) is 10.8 Å². The van der Waals surface area contributed by atoms with Crippen molar-refractivity contribution < 1.29 is 37.0 Å². The fraction of sp³-hybridized carbons (Fsp3) is 0.281. The number of halogens is 1. The highest BCUT2D eigenvalue weighted by molar-refractivity contribution is 7.92. The van der Waals surface area contributed by atoms with Gasteiger partial charge in [0.15, 0.2) is 21.4 Å². The molecule has 45 heavy (non-hydrogen) atoms. The Bertz CT molecular complexity index is 1900. The van der Waals surface area contributed by atoms with Gasteiger partial charge in [-0.05, 0) is 71.8 Å². The van der Waals surface area contributed by atoms with Gasteiger partial charge in [0, 0.05) is 30.2 Å². The molecule has 3 aromatic carbocycles. The van der Waals surface area contributed by atoms with E-state index in [9.17, 15) is 27.5 Å². The minimum Gasteiger partial charge on any atom is -0.494 e. The number of nitrogens with two attached hydrogens (primary N) is 1. The number of likely N-dealkylation sites (tertiary alicyclic amines) is 1. The number of pyridine rings is 1. The molecule has 13 heteroatoms. The number of methoxy groups -OCH3 is 1. The number of carbonyl (C=O) groups is 2. The number of nitrogens with zero attached hydrogens (tertiary/aromatic N) is 2. The Morgan fingerprint density at radius 1 is 1.09 bits per heavy atom. The quantitative estimate of drug-likeness (QED) is 0.212. The number of carbonyl (C=O) groups excluding carboxylic acids is 1. The van der Waals surface area contributed by atoms with Crippen molar-refractivity contribution >= 4 is 44.2 Å². The van der Waals surface area contributed by atoms with Crippen molar-refractivity contribution in [2.75, 3.05) is 24.7 Å². The van der Waals surface area contributed by atoms with E-state index < -0.39 is 51.2 Å². The van der Waals surface area contributed by atoms with Crippen LogP contribution in [0, 0.1) is 5.82 Å². The van der Waals surface area contributed by atoms with E-state index in [4.69, 9.17) is 15.2 Å². The third-order valence-corrected chi connectivity index (χ3v) is 10.6. The molecular formula is C32H31FN4O7S. The van der Waals surface area contributed by atoms with Crippen molar-refractivity contribution in [3.63, 3.8) is 0 Å². The molecule has 0 spiro atoms. The number of carboxylic acid groups (broad SMARTS) is 1. The van der Waals surface area contributed by atoms with E-state index in [0.29, 0.717) is 29.9 Å². The number of rotatable bonds is 9. The Balaban J connectivity index is 1.44. The minimum absolute atomic E-state index is 0.0462. The predicted octanol–water partition coefficient (Wildman–Crippen LogP) is 5.09. The highest BCUT2D eigenvalue weighted by Gasteiger charge is 2.46. The predicted molar refractivity (Wildman–Crippen MR) is 164 cm³/mol. The minimum atomic E-state index is -3.72. The summed E-state index contributed by atoms with van der Waals surface area (Å²) in [5.41, 5.74) is 7.21. The first kappa shape index (κ1) is 30.1. The van der Waals surface area contributed by atoms with Gasteiger partial charge >= 0.3 is 6.16 Å². The van der Waals surface area contributed by atoms with Crippen LogP contribution in [-0.2, 0) is 19.4 Å². The monoisotopic (exact) mass is 634 g/mol. The first-order valence-electron chi connectivity index (χ1n) is 14.4. The zero-order valence-corrected chi connectivity index (χ0v) is 25.0. The van der Waals surface area contributed by atoms with Crippen LogP contribution in [0.15, 0.2) is 77.8 Å². The van der Waals surface area contributed by atoms with E-state index in [0.717, 1.165) is 10.8 Å². The van der Waals surface area contributed by atoms with Gasteiger partial charge in [0.05, 0.1) is 23.3 Å². The molecule has 6 rings (SSSR count). The summed E-state index contributed by atoms with van der Waals surface area (Å²) < 4.78 is 51.8. The molecule has 1 saturated carbocycles. The molecule has 11 nitrogen and oxygen atoms in total. The van der Waals surface area contributed by atoms with Crippen molar-refractivity contribution in [2.24, 2.45) is 0 Å². The lowest BCUT2D eigenvalue weighted by Crippen LogP contribution is -2.40. The van der Waals surface area contributed by atoms with Crippen LogP contribution >= 0.6 is 0 Å². The maximum atomic E-state index is 14.6. The fourth-order valence-electron chi connectivity index (χ4n) is 5.94. The first-order chi connectivity index (χ1) is 21.6. The fourth-order valence-corrected chi connectivity index (χ4v) is 7.84. The highest BCUT2D eigenvalue weighted by Crippen LogP contribution is 2.43. The molecular weight excluding hydrogens is 603 g/mol. The molecule has 2 aliphatic rings. The summed E-state index contributed by atoms with van der Waals surface area (Å²) >= 11 is 0. The molecule has 1 saturated heterocycles. The van der Waals surface area contributed by atoms with Crippen LogP contribution in [0.3, 0.4) is 0 Å².